The lowest BCUT2D eigenvalue weighted by Crippen LogP contribution is -2.36. The van der Waals surface area contributed by atoms with Gasteiger partial charge in [-0.25, -0.2) is 9.59 Å². The number of hydrogen-bond acceptors (Lipinski definition) is 6. The number of rotatable bonds is 7. The maximum atomic E-state index is 11.9. The summed E-state index contributed by atoms with van der Waals surface area (Å²) in [6.07, 6.45) is 2.96. The number of benzene rings is 1. The Kier molecular flexibility index (Phi) is 6.03. The van der Waals surface area contributed by atoms with Gasteiger partial charge in [-0.3, -0.25) is 4.79 Å². The highest BCUT2D eigenvalue weighted by Crippen LogP contribution is 2.33. The van der Waals surface area contributed by atoms with E-state index in [0.717, 1.165) is 25.0 Å². The Morgan fingerprint density at radius 2 is 1.96 bits per heavy atom. The number of carbonyl (C=O) groups is 3. The predicted octanol–water partition coefficient (Wildman–Crippen LogP) is 2.10. The third kappa shape index (κ3) is 4.49. The quantitative estimate of drug-likeness (QED) is 0.327. The Labute approximate surface area is 156 Å². The second-order valence-electron chi connectivity index (χ2n) is 6.36. The zero-order chi connectivity index (χ0) is 18.5. The Bertz CT molecular complexity index is 679. The summed E-state index contributed by atoms with van der Waals surface area (Å²) in [5.74, 6) is 0.640. The van der Waals surface area contributed by atoms with E-state index in [2.05, 4.69) is 15.4 Å². The highest BCUT2D eigenvalue weighted by molar-refractivity contribution is 8.00. The number of fused-ring (bicyclic) bond motifs is 1. The zero-order valence-corrected chi connectivity index (χ0v) is 15.3. The predicted molar refractivity (Wildman–Crippen MR) is 97.4 cm³/mol. The topological polar surface area (TPSA) is 93.7 Å². The van der Waals surface area contributed by atoms with Crippen molar-refractivity contribution in [1.29, 1.82) is 0 Å². The van der Waals surface area contributed by atoms with Gasteiger partial charge < -0.3 is 20.1 Å². The summed E-state index contributed by atoms with van der Waals surface area (Å²) in [6, 6.07) is 6.64. The molecule has 0 spiro atoms. The number of unbranched alkanes of at least 4 members (excludes halogenated alkanes) is 1. The van der Waals surface area contributed by atoms with E-state index in [9.17, 15) is 14.4 Å². The Morgan fingerprint density at radius 3 is 2.69 bits per heavy atom. The number of thioether (sulfide) groups is 1. The van der Waals surface area contributed by atoms with E-state index in [1.807, 2.05) is 11.8 Å². The van der Waals surface area contributed by atoms with E-state index in [0.29, 0.717) is 23.0 Å². The van der Waals surface area contributed by atoms with E-state index >= 15 is 0 Å². The fourth-order valence-electron chi connectivity index (χ4n) is 3.22. The molecule has 0 aromatic heterocycles. The minimum Gasteiger partial charge on any atom is -0.465 e. The normalized spacial score (nSPS) is 23.7. The SMILES string of the molecule is COC(=O)c1ccc(OC(=O)CCCC[C@@H]2SC[C@@H]3NC(=O)N[C@@H]32)cc1. The molecule has 0 aliphatic carbocycles. The van der Waals surface area contributed by atoms with Gasteiger partial charge in [0.15, 0.2) is 0 Å². The molecule has 7 nitrogen and oxygen atoms in total. The van der Waals surface area contributed by atoms with Crippen LogP contribution in [0.3, 0.4) is 0 Å². The third-order valence-electron chi connectivity index (χ3n) is 4.56. The summed E-state index contributed by atoms with van der Waals surface area (Å²) in [7, 11) is 1.32. The monoisotopic (exact) mass is 378 g/mol. The van der Waals surface area contributed by atoms with E-state index in [-0.39, 0.29) is 24.1 Å². The van der Waals surface area contributed by atoms with Crippen LogP contribution < -0.4 is 15.4 Å². The molecule has 0 saturated carbocycles. The molecular formula is C18H22N2O5S. The molecule has 2 N–H and O–H groups in total. The largest absolute Gasteiger partial charge is 0.465 e. The molecule has 140 valence electrons. The van der Waals surface area contributed by atoms with Gasteiger partial charge in [0.2, 0.25) is 0 Å². The van der Waals surface area contributed by atoms with E-state index in [4.69, 9.17) is 4.74 Å². The van der Waals surface area contributed by atoms with Crippen LogP contribution in [-0.4, -0.2) is 48.2 Å². The zero-order valence-electron chi connectivity index (χ0n) is 14.5. The first-order valence-corrected chi connectivity index (χ1v) is 9.69. The van der Waals surface area contributed by atoms with Gasteiger partial charge in [0.05, 0.1) is 24.8 Å². The van der Waals surface area contributed by atoms with E-state index in [1.165, 1.54) is 7.11 Å². The highest BCUT2D eigenvalue weighted by Gasteiger charge is 2.42. The third-order valence-corrected chi connectivity index (χ3v) is 6.07. The first-order valence-electron chi connectivity index (χ1n) is 8.64. The summed E-state index contributed by atoms with van der Waals surface area (Å²) >= 11 is 1.87. The lowest BCUT2D eigenvalue weighted by Gasteiger charge is -2.16. The lowest BCUT2D eigenvalue weighted by atomic mass is 10.0. The number of ether oxygens (including phenoxy) is 2. The number of urea groups is 1. The van der Waals surface area contributed by atoms with Gasteiger partial charge in [-0.15, -0.1) is 0 Å². The van der Waals surface area contributed by atoms with E-state index < -0.39 is 5.97 Å². The first-order chi connectivity index (χ1) is 12.6. The van der Waals surface area contributed by atoms with Crippen molar-refractivity contribution in [2.24, 2.45) is 0 Å². The van der Waals surface area contributed by atoms with Crippen molar-refractivity contribution in [3.63, 3.8) is 0 Å². The van der Waals surface area contributed by atoms with Gasteiger partial charge in [-0.05, 0) is 37.1 Å². The molecule has 2 aliphatic heterocycles. The molecular weight excluding hydrogens is 356 g/mol. The number of amides is 2. The number of carbonyl (C=O) groups excluding carboxylic acids is 3. The molecule has 1 aromatic rings. The second kappa shape index (κ2) is 8.44. The van der Waals surface area contributed by atoms with Crippen LogP contribution in [0.4, 0.5) is 4.79 Å². The summed E-state index contributed by atoms with van der Waals surface area (Å²) in [6.45, 7) is 0. The maximum absolute atomic E-state index is 11.9. The average Bonchev–Trinajstić information content (AvgIpc) is 3.18. The molecule has 3 rings (SSSR count). The van der Waals surface area contributed by atoms with Gasteiger partial charge >= 0.3 is 18.0 Å². The maximum Gasteiger partial charge on any atom is 0.337 e. The minimum absolute atomic E-state index is 0.0768. The van der Waals surface area contributed by atoms with Crippen LogP contribution in [0, 0.1) is 0 Å². The molecule has 1 aromatic carbocycles. The molecule has 0 unspecified atom stereocenters. The van der Waals surface area contributed by atoms with Crippen molar-refractivity contribution >= 4 is 29.7 Å². The van der Waals surface area contributed by atoms with Crippen LogP contribution in [0.1, 0.15) is 36.0 Å². The number of nitrogens with one attached hydrogen (secondary N) is 2. The molecule has 0 radical (unpaired) electrons. The van der Waals surface area contributed by atoms with Crippen LogP contribution in [-0.2, 0) is 9.53 Å². The molecule has 2 amide bonds. The minimum atomic E-state index is -0.427. The smallest absolute Gasteiger partial charge is 0.337 e. The number of hydrogen-bond donors (Lipinski definition) is 2. The molecule has 2 heterocycles. The summed E-state index contributed by atoms with van der Waals surface area (Å²) in [4.78, 5) is 34.6. The van der Waals surface area contributed by atoms with Crippen molar-refractivity contribution < 1.29 is 23.9 Å². The molecule has 2 aliphatic rings. The Balaban J connectivity index is 1.35. The molecule has 2 saturated heterocycles. The lowest BCUT2D eigenvalue weighted by molar-refractivity contribution is -0.134. The van der Waals surface area contributed by atoms with Gasteiger partial charge in [0, 0.05) is 17.4 Å². The fourth-order valence-corrected chi connectivity index (χ4v) is 4.76. The van der Waals surface area contributed by atoms with Crippen molar-refractivity contribution in [2.75, 3.05) is 12.9 Å². The molecule has 0 bridgehead atoms. The highest BCUT2D eigenvalue weighted by atomic mass is 32.2. The second-order valence-corrected chi connectivity index (χ2v) is 7.63. The summed E-state index contributed by atoms with van der Waals surface area (Å²) in [5, 5.41) is 6.30. The van der Waals surface area contributed by atoms with Crippen molar-refractivity contribution in [2.45, 2.75) is 43.0 Å². The fraction of sp³-hybridized carbons (Fsp3) is 0.500. The first kappa shape index (κ1) is 18.6. The van der Waals surface area contributed by atoms with Gasteiger partial charge in [0.1, 0.15) is 5.75 Å². The van der Waals surface area contributed by atoms with Crippen LogP contribution in [0.15, 0.2) is 24.3 Å². The van der Waals surface area contributed by atoms with Gasteiger partial charge in [-0.2, -0.15) is 11.8 Å². The van der Waals surface area contributed by atoms with E-state index in [1.54, 1.807) is 24.3 Å². The van der Waals surface area contributed by atoms with Crippen molar-refractivity contribution in [1.82, 2.24) is 10.6 Å². The molecule has 3 atom stereocenters. The molecule has 8 heteroatoms. The van der Waals surface area contributed by atoms with Crippen LogP contribution in [0.5, 0.6) is 5.75 Å². The molecule has 26 heavy (non-hydrogen) atoms. The summed E-state index contributed by atoms with van der Waals surface area (Å²) in [5.41, 5.74) is 0.410. The number of methoxy groups -OCH3 is 1. The standard InChI is InChI=1S/C18H22N2O5S/c1-24-17(22)11-6-8-12(9-7-11)25-15(21)5-3-2-4-14-16-13(10-26-14)19-18(23)20-16/h6-9,13-14,16H,2-5,10H2,1H3,(H2,19,20,23)/t13-,14-,16-/m0/s1. The Hall–Kier alpha value is -2.22. The Morgan fingerprint density at radius 1 is 1.19 bits per heavy atom. The van der Waals surface area contributed by atoms with Crippen LogP contribution >= 0.6 is 11.8 Å². The average molecular weight is 378 g/mol. The molecule has 2 fully saturated rings. The van der Waals surface area contributed by atoms with Gasteiger partial charge in [-0.1, -0.05) is 6.42 Å². The van der Waals surface area contributed by atoms with Crippen LogP contribution in [0.2, 0.25) is 0 Å². The summed E-state index contributed by atoms with van der Waals surface area (Å²) < 4.78 is 9.90. The number of esters is 2. The van der Waals surface area contributed by atoms with Crippen LogP contribution in [0.25, 0.3) is 0 Å². The van der Waals surface area contributed by atoms with Crippen molar-refractivity contribution in [3.05, 3.63) is 29.8 Å². The van der Waals surface area contributed by atoms with Gasteiger partial charge in [0.25, 0.3) is 0 Å². The van der Waals surface area contributed by atoms with Crippen molar-refractivity contribution in [3.8, 4) is 5.75 Å².